The van der Waals surface area contributed by atoms with Gasteiger partial charge in [-0.15, -0.1) is 5.10 Å². The van der Waals surface area contributed by atoms with Gasteiger partial charge in [0.05, 0.1) is 11.9 Å². The van der Waals surface area contributed by atoms with Crippen LogP contribution in [0.25, 0.3) is 10.5 Å². The minimum Gasteiger partial charge on any atom is -0.265 e. The lowest BCUT2D eigenvalue weighted by Crippen LogP contribution is -1.89. The Morgan fingerprint density at radius 3 is 2.88 bits per heavy atom. The maximum Gasteiger partial charge on any atom is 0.113 e. The third kappa shape index (κ3) is 1.78. The molecular weight excluding hydrogens is 232 g/mol. The maximum absolute atomic E-state index is 4.39. The third-order valence-corrected chi connectivity index (χ3v) is 4.12. The minimum absolute atomic E-state index is 0.544. The molecule has 5 heteroatoms. The van der Waals surface area contributed by atoms with Crippen LogP contribution in [0.3, 0.4) is 0 Å². The van der Waals surface area contributed by atoms with Crippen molar-refractivity contribution in [2.75, 3.05) is 0 Å². The molecule has 17 heavy (non-hydrogen) atoms. The SMILES string of the molecule is [CH2][SH]1C=CC(c2c[nH]nn2)=C1c1ccccn1. The summed E-state index contributed by atoms with van der Waals surface area (Å²) in [6.07, 6.45) is 9.82. The van der Waals surface area contributed by atoms with Crippen LogP contribution in [0.4, 0.5) is 0 Å². The zero-order valence-corrected chi connectivity index (χ0v) is 9.93. The van der Waals surface area contributed by atoms with Crippen molar-refractivity contribution in [3.05, 3.63) is 59.7 Å². The fraction of sp³-hybridized carbons (Fsp3) is 0. The fourth-order valence-electron chi connectivity index (χ4n) is 1.80. The Morgan fingerprint density at radius 2 is 2.18 bits per heavy atom. The lowest BCUT2D eigenvalue weighted by molar-refractivity contribution is 0.936. The van der Waals surface area contributed by atoms with Crippen LogP contribution in [0.5, 0.6) is 0 Å². The summed E-state index contributed by atoms with van der Waals surface area (Å²) < 4.78 is 0. The number of aromatic nitrogens is 4. The van der Waals surface area contributed by atoms with E-state index in [2.05, 4.69) is 38.1 Å². The molecular formula is C12H11N4S. The number of rotatable bonds is 2. The first-order valence-electron chi connectivity index (χ1n) is 5.17. The molecule has 1 radical (unpaired) electrons. The van der Waals surface area contributed by atoms with E-state index in [-0.39, 0.29) is 0 Å². The summed E-state index contributed by atoms with van der Waals surface area (Å²) >= 11 is 0. The van der Waals surface area contributed by atoms with Crippen LogP contribution in [-0.4, -0.2) is 20.4 Å². The molecule has 0 amide bonds. The summed E-state index contributed by atoms with van der Waals surface area (Å²) in [5, 5.41) is 12.6. The first kappa shape index (κ1) is 10.3. The molecule has 1 aliphatic rings. The second-order valence-electron chi connectivity index (χ2n) is 3.62. The van der Waals surface area contributed by atoms with Crippen molar-refractivity contribution >= 4 is 21.4 Å². The number of allylic oxidation sites excluding steroid dienone is 2. The van der Waals surface area contributed by atoms with Gasteiger partial charge in [-0.2, -0.15) is 0 Å². The van der Waals surface area contributed by atoms with Gasteiger partial charge in [0.2, 0.25) is 0 Å². The van der Waals surface area contributed by atoms with Gasteiger partial charge < -0.3 is 0 Å². The van der Waals surface area contributed by atoms with Crippen molar-refractivity contribution in [1.29, 1.82) is 0 Å². The van der Waals surface area contributed by atoms with Gasteiger partial charge in [0, 0.05) is 16.7 Å². The Balaban J connectivity index is 2.15. The van der Waals surface area contributed by atoms with Crippen LogP contribution in [0, 0.1) is 6.26 Å². The van der Waals surface area contributed by atoms with Crippen molar-refractivity contribution in [2.45, 2.75) is 0 Å². The quantitative estimate of drug-likeness (QED) is 0.796. The standard InChI is InChI=1S/C12H11N4S/c1-17-7-5-9(11-8-14-16-15-11)12(17)10-4-2-3-6-13-10/h2-8,17H,1H2,(H,14,15,16). The molecule has 0 fully saturated rings. The monoisotopic (exact) mass is 243 g/mol. The van der Waals surface area contributed by atoms with Crippen molar-refractivity contribution in [2.24, 2.45) is 0 Å². The molecule has 0 spiro atoms. The smallest absolute Gasteiger partial charge is 0.113 e. The predicted octanol–water partition coefficient (Wildman–Crippen LogP) is 2.39. The Morgan fingerprint density at radius 1 is 1.24 bits per heavy atom. The lowest BCUT2D eigenvalue weighted by atomic mass is 10.1. The number of nitrogens with zero attached hydrogens (tertiary/aromatic N) is 3. The highest BCUT2D eigenvalue weighted by molar-refractivity contribution is 8.28. The van der Waals surface area contributed by atoms with Crippen LogP contribution in [0.2, 0.25) is 0 Å². The maximum atomic E-state index is 4.39. The van der Waals surface area contributed by atoms with Crippen LogP contribution >= 0.6 is 10.9 Å². The zero-order chi connectivity index (χ0) is 11.7. The summed E-state index contributed by atoms with van der Waals surface area (Å²) in [4.78, 5) is 5.55. The lowest BCUT2D eigenvalue weighted by Gasteiger charge is -2.12. The van der Waals surface area contributed by atoms with E-state index in [4.69, 9.17) is 0 Å². The van der Waals surface area contributed by atoms with Gasteiger partial charge in [0.1, 0.15) is 5.69 Å². The molecule has 0 bridgehead atoms. The van der Waals surface area contributed by atoms with Crippen molar-refractivity contribution in [1.82, 2.24) is 20.4 Å². The zero-order valence-electron chi connectivity index (χ0n) is 9.04. The van der Waals surface area contributed by atoms with Gasteiger partial charge in [-0.3, -0.25) is 10.1 Å². The number of aromatic amines is 1. The van der Waals surface area contributed by atoms with Crippen molar-refractivity contribution in [3.63, 3.8) is 0 Å². The second kappa shape index (κ2) is 4.18. The van der Waals surface area contributed by atoms with E-state index in [1.165, 1.54) is 0 Å². The molecule has 1 unspecified atom stereocenters. The first-order chi connectivity index (χ1) is 8.36. The number of nitrogens with one attached hydrogen (secondary N) is 1. The number of hydrogen-bond acceptors (Lipinski definition) is 3. The Labute approximate surface area is 102 Å². The summed E-state index contributed by atoms with van der Waals surface area (Å²) in [5.74, 6) is 0. The predicted molar refractivity (Wildman–Crippen MR) is 70.9 cm³/mol. The van der Waals surface area contributed by atoms with Gasteiger partial charge in [-0.1, -0.05) is 11.3 Å². The molecule has 4 nitrogen and oxygen atoms in total. The summed E-state index contributed by atoms with van der Waals surface area (Å²) in [6, 6.07) is 5.90. The van der Waals surface area contributed by atoms with Crippen LogP contribution < -0.4 is 0 Å². The summed E-state index contributed by atoms with van der Waals surface area (Å²) in [7, 11) is -0.544. The molecule has 1 atom stereocenters. The average Bonchev–Trinajstić information content (AvgIpc) is 2.98. The molecule has 0 saturated heterocycles. The fourth-order valence-corrected chi connectivity index (χ4v) is 3.20. The van der Waals surface area contributed by atoms with Crippen LogP contribution in [0.1, 0.15) is 11.4 Å². The molecule has 0 aromatic carbocycles. The Hall–Kier alpha value is -1.88. The average molecular weight is 243 g/mol. The molecule has 0 saturated carbocycles. The Kier molecular flexibility index (Phi) is 2.53. The molecule has 1 aliphatic heterocycles. The highest BCUT2D eigenvalue weighted by atomic mass is 32.2. The number of thiol groups is 1. The van der Waals surface area contributed by atoms with Gasteiger partial charge in [-0.05, 0) is 29.9 Å². The number of pyridine rings is 1. The van der Waals surface area contributed by atoms with Crippen molar-refractivity contribution in [3.8, 4) is 0 Å². The molecule has 1 N–H and O–H groups in total. The largest absolute Gasteiger partial charge is 0.265 e. The second-order valence-corrected chi connectivity index (χ2v) is 5.31. The van der Waals surface area contributed by atoms with E-state index in [9.17, 15) is 0 Å². The number of hydrogen-bond donors (Lipinski definition) is 2. The molecule has 85 valence electrons. The topological polar surface area (TPSA) is 54.5 Å². The van der Waals surface area contributed by atoms with E-state index in [1.54, 1.807) is 12.4 Å². The highest BCUT2D eigenvalue weighted by Crippen LogP contribution is 2.50. The van der Waals surface area contributed by atoms with Gasteiger partial charge in [0.15, 0.2) is 0 Å². The van der Waals surface area contributed by atoms with E-state index >= 15 is 0 Å². The molecule has 3 rings (SSSR count). The van der Waals surface area contributed by atoms with E-state index in [1.807, 2.05) is 18.2 Å². The van der Waals surface area contributed by atoms with Crippen molar-refractivity contribution < 1.29 is 0 Å². The summed E-state index contributed by atoms with van der Waals surface area (Å²) in [5.41, 5.74) is 2.88. The normalized spacial score (nSPS) is 21.1. The molecule has 2 aromatic rings. The molecule has 3 heterocycles. The van der Waals surface area contributed by atoms with Crippen LogP contribution in [-0.2, 0) is 0 Å². The van der Waals surface area contributed by atoms with Crippen LogP contribution in [0.15, 0.2) is 42.1 Å². The molecule has 0 aliphatic carbocycles. The molecule has 2 aromatic heterocycles. The third-order valence-electron chi connectivity index (χ3n) is 2.56. The Bertz CT molecular complexity index is 572. The van der Waals surface area contributed by atoms with Gasteiger partial charge >= 0.3 is 0 Å². The minimum atomic E-state index is -0.544. The highest BCUT2D eigenvalue weighted by Gasteiger charge is 2.19. The van der Waals surface area contributed by atoms with E-state index < -0.39 is 10.9 Å². The van der Waals surface area contributed by atoms with E-state index in [0.717, 1.165) is 21.9 Å². The van der Waals surface area contributed by atoms with E-state index in [0.29, 0.717) is 0 Å². The van der Waals surface area contributed by atoms with Gasteiger partial charge in [-0.25, -0.2) is 10.9 Å². The first-order valence-corrected chi connectivity index (χ1v) is 6.76. The number of H-pyrrole nitrogens is 1. The summed E-state index contributed by atoms with van der Waals surface area (Å²) in [6.45, 7) is 0. The van der Waals surface area contributed by atoms with Gasteiger partial charge in [0.25, 0.3) is 0 Å².